The van der Waals surface area contributed by atoms with Crippen LogP contribution in [-0.4, -0.2) is 0 Å². The Morgan fingerprint density at radius 1 is 0.792 bits per heavy atom. The van der Waals surface area contributed by atoms with Crippen LogP contribution in [0.1, 0.15) is 74.1 Å². The van der Waals surface area contributed by atoms with Gasteiger partial charge in [-0.3, -0.25) is 0 Å². The van der Waals surface area contributed by atoms with E-state index < -0.39 is 0 Å². The molecule has 0 saturated heterocycles. The molecule has 0 aromatic heterocycles. The van der Waals surface area contributed by atoms with Crippen LogP contribution in [0.2, 0.25) is 0 Å². The molecule has 1 aliphatic rings. The van der Waals surface area contributed by atoms with Gasteiger partial charge in [0.15, 0.2) is 0 Å². The minimum absolute atomic E-state index is 0.759. The monoisotopic (exact) mass is 316 g/mol. The van der Waals surface area contributed by atoms with Gasteiger partial charge >= 0.3 is 0 Å². The fourth-order valence-electron chi connectivity index (χ4n) is 3.62. The predicted molar refractivity (Wildman–Crippen MR) is 103 cm³/mol. The topological polar surface area (TPSA) is 0 Å². The van der Waals surface area contributed by atoms with Gasteiger partial charge in [0, 0.05) is 11.1 Å². The van der Waals surface area contributed by atoms with E-state index in [4.69, 9.17) is 0 Å². The van der Waals surface area contributed by atoms with Gasteiger partial charge in [0.25, 0.3) is 0 Å². The average molecular weight is 316 g/mol. The Hall–Kier alpha value is -2.00. The van der Waals surface area contributed by atoms with Gasteiger partial charge < -0.3 is 0 Å². The summed E-state index contributed by atoms with van der Waals surface area (Å²) in [6.07, 6.45) is 7.78. The second-order valence-corrected chi connectivity index (χ2v) is 7.28. The lowest BCUT2D eigenvalue weighted by molar-refractivity contribution is 0.348. The largest absolute Gasteiger partial charge is 0.0651 e. The number of benzene rings is 2. The zero-order chi connectivity index (χ0) is 16.8. The molecular formula is C24H28. The minimum Gasteiger partial charge on any atom is -0.0651 e. The molecule has 0 N–H and O–H groups in total. The SMILES string of the molecule is CCCc1ccc(C#Cc2ccc(C3CCC(C)CC3)cc2)cc1. The third-order valence-electron chi connectivity index (χ3n) is 5.24. The fraction of sp³-hybridized carbons (Fsp3) is 0.417. The summed E-state index contributed by atoms with van der Waals surface area (Å²) < 4.78 is 0. The molecule has 0 atom stereocenters. The number of rotatable bonds is 3. The van der Waals surface area contributed by atoms with E-state index in [9.17, 15) is 0 Å². The number of hydrogen-bond donors (Lipinski definition) is 0. The van der Waals surface area contributed by atoms with E-state index in [0.29, 0.717) is 0 Å². The molecule has 0 aliphatic heterocycles. The van der Waals surface area contributed by atoms with Crippen LogP contribution in [0.25, 0.3) is 0 Å². The van der Waals surface area contributed by atoms with Gasteiger partial charge in [-0.05, 0) is 66.5 Å². The molecule has 1 fully saturated rings. The first-order valence-corrected chi connectivity index (χ1v) is 9.45. The highest BCUT2D eigenvalue weighted by Crippen LogP contribution is 2.35. The summed E-state index contributed by atoms with van der Waals surface area (Å²) in [4.78, 5) is 0. The number of hydrogen-bond acceptors (Lipinski definition) is 0. The first kappa shape index (κ1) is 16.8. The van der Waals surface area contributed by atoms with Crippen molar-refractivity contribution in [1.82, 2.24) is 0 Å². The maximum absolute atomic E-state index is 3.30. The molecule has 2 aromatic carbocycles. The summed E-state index contributed by atoms with van der Waals surface area (Å²) in [5, 5.41) is 0. The summed E-state index contributed by atoms with van der Waals surface area (Å²) in [6.45, 7) is 4.59. The highest BCUT2D eigenvalue weighted by atomic mass is 14.2. The van der Waals surface area contributed by atoms with Crippen LogP contribution >= 0.6 is 0 Å². The van der Waals surface area contributed by atoms with Crippen LogP contribution in [-0.2, 0) is 6.42 Å². The minimum atomic E-state index is 0.759. The Morgan fingerprint density at radius 3 is 1.88 bits per heavy atom. The van der Waals surface area contributed by atoms with Crippen LogP contribution in [0.5, 0.6) is 0 Å². The van der Waals surface area contributed by atoms with Crippen molar-refractivity contribution in [3.05, 3.63) is 70.8 Å². The maximum Gasteiger partial charge on any atom is 0.0249 e. The smallest absolute Gasteiger partial charge is 0.0249 e. The average Bonchev–Trinajstić information content (AvgIpc) is 2.63. The van der Waals surface area contributed by atoms with E-state index in [0.717, 1.165) is 29.4 Å². The Labute approximate surface area is 147 Å². The van der Waals surface area contributed by atoms with Gasteiger partial charge in [0.1, 0.15) is 0 Å². The molecule has 2 aromatic rings. The Kier molecular flexibility index (Phi) is 5.76. The Bertz CT molecular complexity index is 686. The van der Waals surface area contributed by atoms with Crippen LogP contribution in [0.3, 0.4) is 0 Å². The summed E-state index contributed by atoms with van der Waals surface area (Å²) in [5.41, 5.74) is 5.10. The van der Waals surface area contributed by atoms with Crippen molar-refractivity contribution in [1.29, 1.82) is 0 Å². The van der Waals surface area contributed by atoms with E-state index >= 15 is 0 Å². The molecule has 0 bridgehead atoms. The van der Waals surface area contributed by atoms with E-state index in [1.54, 1.807) is 0 Å². The standard InChI is InChI=1S/C24H28/c1-3-4-20-7-9-21(10-8-20)11-12-22-13-17-24(18-14-22)23-15-5-19(2)6-16-23/h7-10,13-14,17-19,23H,3-6,15-16H2,1-2H3. The Balaban J connectivity index is 1.64. The molecule has 0 nitrogen and oxygen atoms in total. The predicted octanol–water partition coefficient (Wildman–Crippen LogP) is 6.33. The van der Waals surface area contributed by atoms with E-state index in [1.807, 2.05) is 0 Å². The second kappa shape index (κ2) is 8.20. The summed E-state index contributed by atoms with van der Waals surface area (Å²) in [6, 6.07) is 17.6. The van der Waals surface area contributed by atoms with Gasteiger partial charge in [0.05, 0.1) is 0 Å². The quantitative estimate of drug-likeness (QED) is 0.580. The van der Waals surface area contributed by atoms with E-state index in [-0.39, 0.29) is 0 Å². The lowest BCUT2D eigenvalue weighted by Crippen LogP contribution is -2.10. The van der Waals surface area contributed by atoms with Crippen molar-refractivity contribution >= 4 is 0 Å². The molecule has 0 radical (unpaired) electrons. The lowest BCUT2D eigenvalue weighted by atomic mass is 9.79. The second-order valence-electron chi connectivity index (χ2n) is 7.28. The molecule has 124 valence electrons. The summed E-state index contributed by atoms with van der Waals surface area (Å²) in [5.74, 6) is 8.26. The summed E-state index contributed by atoms with van der Waals surface area (Å²) in [7, 11) is 0. The van der Waals surface area contributed by atoms with Crippen LogP contribution in [0.4, 0.5) is 0 Å². The van der Waals surface area contributed by atoms with E-state index in [2.05, 4.69) is 74.2 Å². The first-order chi connectivity index (χ1) is 11.7. The maximum atomic E-state index is 3.30. The third kappa shape index (κ3) is 4.51. The van der Waals surface area contributed by atoms with Crippen molar-refractivity contribution in [3.8, 4) is 11.8 Å². The summed E-state index contributed by atoms with van der Waals surface area (Å²) >= 11 is 0. The molecule has 0 spiro atoms. The molecule has 0 amide bonds. The molecule has 0 heteroatoms. The van der Waals surface area contributed by atoms with Crippen molar-refractivity contribution < 1.29 is 0 Å². The van der Waals surface area contributed by atoms with Crippen molar-refractivity contribution in [2.24, 2.45) is 5.92 Å². The zero-order valence-corrected chi connectivity index (χ0v) is 15.0. The molecular weight excluding hydrogens is 288 g/mol. The fourth-order valence-corrected chi connectivity index (χ4v) is 3.62. The normalized spacial score (nSPS) is 20.2. The lowest BCUT2D eigenvalue weighted by Gasteiger charge is -2.26. The third-order valence-corrected chi connectivity index (χ3v) is 5.24. The molecule has 0 heterocycles. The molecule has 3 rings (SSSR count). The highest BCUT2D eigenvalue weighted by Gasteiger charge is 2.19. The van der Waals surface area contributed by atoms with Crippen molar-refractivity contribution in [2.45, 2.75) is 58.3 Å². The van der Waals surface area contributed by atoms with Crippen LogP contribution in [0, 0.1) is 17.8 Å². The van der Waals surface area contributed by atoms with Crippen LogP contribution in [0.15, 0.2) is 48.5 Å². The molecule has 24 heavy (non-hydrogen) atoms. The van der Waals surface area contributed by atoms with Crippen LogP contribution < -0.4 is 0 Å². The van der Waals surface area contributed by atoms with Crippen molar-refractivity contribution in [2.75, 3.05) is 0 Å². The van der Waals surface area contributed by atoms with Gasteiger partial charge in [-0.2, -0.15) is 0 Å². The molecule has 0 unspecified atom stereocenters. The van der Waals surface area contributed by atoms with E-state index in [1.165, 1.54) is 43.2 Å². The zero-order valence-electron chi connectivity index (χ0n) is 15.0. The van der Waals surface area contributed by atoms with Crippen molar-refractivity contribution in [3.63, 3.8) is 0 Å². The van der Waals surface area contributed by atoms with Gasteiger partial charge in [0.2, 0.25) is 0 Å². The van der Waals surface area contributed by atoms with Gasteiger partial charge in [-0.25, -0.2) is 0 Å². The Morgan fingerprint density at radius 2 is 1.33 bits per heavy atom. The molecule has 1 aliphatic carbocycles. The van der Waals surface area contributed by atoms with Gasteiger partial charge in [-0.15, -0.1) is 0 Å². The number of aryl methyl sites for hydroxylation is 1. The highest BCUT2D eigenvalue weighted by molar-refractivity contribution is 5.44. The molecule has 1 saturated carbocycles. The van der Waals surface area contributed by atoms with Gasteiger partial charge in [-0.1, -0.05) is 69.2 Å². The first-order valence-electron chi connectivity index (χ1n) is 9.45.